The van der Waals surface area contributed by atoms with Crippen molar-refractivity contribution in [1.82, 2.24) is 10.7 Å². The molecule has 0 unspecified atom stereocenters. The van der Waals surface area contributed by atoms with Crippen LogP contribution in [0.15, 0.2) is 76.3 Å². The summed E-state index contributed by atoms with van der Waals surface area (Å²) in [7, 11) is 0. The molecular weight excluding hydrogens is 486 g/mol. The normalized spacial score (nSPS) is 10.6. The van der Waals surface area contributed by atoms with E-state index in [1.165, 1.54) is 6.21 Å². The Morgan fingerprint density at radius 3 is 2.24 bits per heavy atom. The van der Waals surface area contributed by atoms with Crippen molar-refractivity contribution in [3.05, 3.63) is 99.0 Å². The van der Waals surface area contributed by atoms with E-state index in [1.807, 2.05) is 38.1 Å². The van der Waals surface area contributed by atoms with Crippen molar-refractivity contribution in [1.29, 1.82) is 0 Å². The van der Waals surface area contributed by atoms with E-state index < -0.39 is 11.9 Å². The minimum atomic E-state index is -0.498. The van der Waals surface area contributed by atoms with Crippen LogP contribution in [0.3, 0.4) is 0 Å². The maximum absolute atomic E-state index is 12.6. The Labute approximate surface area is 200 Å². The number of hydrazone groups is 1. The minimum absolute atomic E-state index is 0.238. The lowest BCUT2D eigenvalue weighted by molar-refractivity contribution is -0.120. The molecule has 0 saturated heterocycles. The van der Waals surface area contributed by atoms with Crippen LogP contribution in [0.2, 0.25) is 0 Å². The van der Waals surface area contributed by atoms with E-state index in [4.69, 9.17) is 4.74 Å². The number of halogens is 1. The number of esters is 1. The average Bonchev–Trinajstić information content (AvgIpc) is 2.79. The molecule has 0 heterocycles. The summed E-state index contributed by atoms with van der Waals surface area (Å²) < 4.78 is 6.29. The molecule has 0 aliphatic heterocycles. The van der Waals surface area contributed by atoms with Gasteiger partial charge in [-0.1, -0.05) is 52.3 Å². The molecule has 0 aromatic heterocycles. The van der Waals surface area contributed by atoms with Crippen LogP contribution in [-0.4, -0.2) is 30.5 Å². The summed E-state index contributed by atoms with van der Waals surface area (Å²) in [6, 6.07) is 19.3. The van der Waals surface area contributed by atoms with Gasteiger partial charge in [-0.05, 0) is 55.3 Å². The number of hydrogen-bond donors (Lipinski definition) is 2. The maximum atomic E-state index is 12.6. The van der Waals surface area contributed by atoms with Crippen LogP contribution in [0.25, 0.3) is 0 Å². The maximum Gasteiger partial charge on any atom is 0.343 e. The van der Waals surface area contributed by atoms with Crippen molar-refractivity contribution in [3.8, 4) is 5.75 Å². The lowest BCUT2D eigenvalue weighted by Crippen LogP contribution is -2.35. The van der Waals surface area contributed by atoms with E-state index in [0.29, 0.717) is 16.7 Å². The number of carbonyl (C=O) groups is 3. The highest BCUT2D eigenvalue weighted by molar-refractivity contribution is 9.10. The van der Waals surface area contributed by atoms with Gasteiger partial charge in [0.2, 0.25) is 0 Å². The largest absolute Gasteiger partial charge is 0.422 e. The minimum Gasteiger partial charge on any atom is -0.422 e. The van der Waals surface area contributed by atoms with Gasteiger partial charge in [-0.25, -0.2) is 10.2 Å². The molecule has 33 heavy (non-hydrogen) atoms. The number of carbonyl (C=O) groups excluding carboxylic acids is 3. The second kappa shape index (κ2) is 11.2. The first kappa shape index (κ1) is 23.9. The summed E-state index contributed by atoms with van der Waals surface area (Å²) in [6.45, 7) is 3.41. The third kappa shape index (κ3) is 6.60. The van der Waals surface area contributed by atoms with Gasteiger partial charge in [0.25, 0.3) is 11.8 Å². The van der Waals surface area contributed by atoms with Crippen LogP contribution in [0.4, 0.5) is 0 Å². The molecule has 0 saturated carbocycles. The number of hydrogen-bond acceptors (Lipinski definition) is 5. The van der Waals surface area contributed by atoms with Gasteiger partial charge in [0.05, 0.1) is 18.3 Å². The SMILES string of the molecule is Cc1ccccc1C(=O)NCC(=O)N/N=C\c1cc(Br)ccc1OC(=O)c1ccccc1C. The molecule has 2 amide bonds. The van der Waals surface area contributed by atoms with Gasteiger partial charge in [0, 0.05) is 15.6 Å². The van der Waals surface area contributed by atoms with Crippen molar-refractivity contribution >= 4 is 39.9 Å². The number of nitrogens with one attached hydrogen (secondary N) is 2. The fourth-order valence-corrected chi connectivity index (χ4v) is 3.35. The molecule has 0 atom stereocenters. The number of benzene rings is 3. The molecule has 3 aromatic carbocycles. The van der Waals surface area contributed by atoms with Crippen molar-refractivity contribution in [2.24, 2.45) is 5.10 Å². The van der Waals surface area contributed by atoms with E-state index in [-0.39, 0.29) is 18.2 Å². The first-order valence-corrected chi connectivity index (χ1v) is 10.9. The van der Waals surface area contributed by atoms with Gasteiger partial charge in [-0.3, -0.25) is 9.59 Å². The molecule has 0 spiro atoms. The molecule has 0 radical (unpaired) electrons. The zero-order chi connectivity index (χ0) is 23.8. The fourth-order valence-electron chi connectivity index (χ4n) is 2.97. The lowest BCUT2D eigenvalue weighted by Gasteiger charge is -2.09. The summed E-state index contributed by atoms with van der Waals surface area (Å²) in [5.74, 6) is -1.04. The molecule has 2 N–H and O–H groups in total. The van der Waals surface area contributed by atoms with Gasteiger partial charge in [0.1, 0.15) is 5.75 Å². The third-order valence-electron chi connectivity index (χ3n) is 4.73. The Kier molecular flexibility index (Phi) is 8.10. The van der Waals surface area contributed by atoms with Crippen LogP contribution >= 0.6 is 15.9 Å². The Morgan fingerprint density at radius 1 is 0.939 bits per heavy atom. The highest BCUT2D eigenvalue weighted by atomic mass is 79.9. The van der Waals surface area contributed by atoms with E-state index in [2.05, 4.69) is 31.8 Å². The van der Waals surface area contributed by atoms with Crippen molar-refractivity contribution < 1.29 is 19.1 Å². The Morgan fingerprint density at radius 2 is 1.58 bits per heavy atom. The molecule has 8 heteroatoms. The quantitative estimate of drug-likeness (QED) is 0.217. The number of amides is 2. The van der Waals surface area contributed by atoms with Gasteiger partial charge < -0.3 is 10.1 Å². The molecule has 3 aromatic rings. The van der Waals surface area contributed by atoms with Crippen LogP contribution in [0, 0.1) is 13.8 Å². The first-order chi connectivity index (χ1) is 15.8. The topological polar surface area (TPSA) is 96.9 Å². The van der Waals surface area contributed by atoms with E-state index in [9.17, 15) is 14.4 Å². The molecular formula is C25H22BrN3O4. The smallest absolute Gasteiger partial charge is 0.343 e. The first-order valence-electron chi connectivity index (χ1n) is 10.1. The predicted molar refractivity (Wildman–Crippen MR) is 130 cm³/mol. The van der Waals surface area contributed by atoms with Crippen molar-refractivity contribution in [2.45, 2.75) is 13.8 Å². The predicted octanol–water partition coefficient (Wildman–Crippen LogP) is 4.17. The number of rotatable bonds is 7. The van der Waals surface area contributed by atoms with Crippen LogP contribution in [-0.2, 0) is 4.79 Å². The Hall–Kier alpha value is -3.78. The monoisotopic (exact) mass is 507 g/mol. The van der Waals surface area contributed by atoms with Gasteiger partial charge in [-0.2, -0.15) is 5.10 Å². The zero-order valence-electron chi connectivity index (χ0n) is 18.1. The summed E-state index contributed by atoms with van der Waals surface area (Å²) in [4.78, 5) is 36.8. The summed E-state index contributed by atoms with van der Waals surface area (Å²) in [5.41, 5.74) is 5.41. The second-order valence-corrected chi connectivity index (χ2v) is 8.09. The highest BCUT2D eigenvalue weighted by Crippen LogP contribution is 2.23. The highest BCUT2D eigenvalue weighted by Gasteiger charge is 2.14. The molecule has 0 bridgehead atoms. The number of aryl methyl sites for hydroxylation is 2. The summed E-state index contributed by atoms with van der Waals surface area (Å²) in [5, 5.41) is 6.48. The standard InChI is InChI=1S/C25H22BrN3O4/c1-16-7-3-5-9-20(16)24(31)27-15-23(30)29-28-14-18-13-19(26)11-12-22(18)33-25(32)21-10-6-4-8-17(21)2/h3-14H,15H2,1-2H3,(H,27,31)(H,29,30)/b28-14-. The molecule has 168 valence electrons. The van der Waals surface area contributed by atoms with Gasteiger partial charge in [0.15, 0.2) is 0 Å². The van der Waals surface area contributed by atoms with E-state index >= 15 is 0 Å². The lowest BCUT2D eigenvalue weighted by atomic mass is 10.1. The third-order valence-corrected chi connectivity index (χ3v) is 5.22. The molecule has 0 aliphatic rings. The summed E-state index contributed by atoms with van der Waals surface area (Å²) >= 11 is 3.37. The molecule has 7 nitrogen and oxygen atoms in total. The zero-order valence-corrected chi connectivity index (χ0v) is 19.7. The Bertz CT molecular complexity index is 1220. The molecule has 0 aliphatic carbocycles. The van der Waals surface area contributed by atoms with Gasteiger partial charge >= 0.3 is 5.97 Å². The molecule has 3 rings (SSSR count). The Balaban J connectivity index is 1.61. The number of ether oxygens (including phenoxy) is 1. The number of nitrogens with zero attached hydrogens (tertiary/aromatic N) is 1. The van der Waals surface area contributed by atoms with Crippen molar-refractivity contribution in [2.75, 3.05) is 6.54 Å². The van der Waals surface area contributed by atoms with Gasteiger partial charge in [-0.15, -0.1) is 0 Å². The summed E-state index contributed by atoms with van der Waals surface area (Å²) in [6.07, 6.45) is 1.37. The van der Waals surface area contributed by atoms with Crippen molar-refractivity contribution in [3.63, 3.8) is 0 Å². The van der Waals surface area contributed by atoms with Crippen LogP contribution in [0.1, 0.15) is 37.4 Å². The second-order valence-electron chi connectivity index (χ2n) is 7.18. The van der Waals surface area contributed by atoms with Crippen LogP contribution < -0.4 is 15.5 Å². The van der Waals surface area contributed by atoms with E-state index in [1.54, 1.807) is 42.5 Å². The fraction of sp³-hybridized carbons (Fsp3) is 0.120. The van der Waals surface area contributed by atoms with E-state index in [0.717, 1.165) is 15.6 Å². The van der Waals surface area contributed by atoms with Crippen LogP contribution in [0.5, 0.6) is 5.75 Å². The average molecular weight is 508 g/mol. The molecule has 0 fully saturated rings.